The van der Waals surface area contributed by atoms with Crippen LogP contribution >= 0.6 is 11.3 Å². The topological polar surface area (TPSA) is 84.3 Å². The van der Waals surface area contributed by atoms with Crippen LogP contribution < -0.4 is 5.32 Å². The Bertz CT molecular complexity index is 1160. The molecule has 1 saturated heterocycles. The lowest BCUT2D eigenvalue weighted by atomic mass is 9.95. The molecule has 1 fully saturated rings. The molecule has 3 aromatic rings. The van der Waals surface area contributed by atoms with E-state index in [9.17, 15) is 13.2 Å². The van der Waals surface area contributed by atoms with Gasteiger partial charge in [-0.15, -0.1) is 11.3 Å². The highest BCUT2D eigenvalue weighted by Gasteiger charge is 2.36. The molecule has 0 saturated carbocycles. The predicted octanol–water partition coefficient (Wildman–Crippen LogP) is 2.95. The fourth-order valence-electron chi connectivity index (χ4n) is 3.83. The van der Waals surface area contributed by atoms with Crippen LogP contribution in [0.4, 0.5) is 0 Å². The third-order valence-electron chi connectivity index (χ3n) is 5.14. The lowest BCUT2D eigenvalue weighted by Gasteiger charge is -2.16. The minimum atomic E-state index is -3.59. The fourth-order valence-corrected chi connectivity index (χ4v) is 6.51. The molecule has 1 aliphatic heterocycles. The number of hydrogen-bond acceptors (Lipinski definition) is 5. The second-order valence-electron chi connectivity index (χ2n) is 7.67. The van der Waals surface area contributed by atoms with Crippen molar-refractivity contribution in [2.75, 3.05) is 13.1 Å². The highest BCUT2D eigenvalue weighted by Crippen LogP contribution is 2.41. The van der Waals surface area contributed by atoms with E-state index in [1.54, 1.807) is 7.05 Å². The van der Waals surface area contributed by atoms with Gasteiger partial charge in [-0.25, -0.2) is 8.42 Å². The summed E-state index contributed by atoms with van der Waals surface area (Å²) in [7, 11) is -1.90. The molecule has 1 atom stereocenters. The number of aryl methyl sites for hydroxylation is 1. The van der Waals surface area contributed by atoms with Crippen molar-refractivity contribution in [3.63, 3.8) is 0 Å². The molecule has 0 spiro atoms. The zero-order valence-electron chi connectivity index (χ0n) is 16.6. The smallest absolute Gasteiger partial charge is 0.261 e. The molecule has 0 bridgehead atoms. The Morgan fingerprint density at radius 3 is 2.76 bits per heavy atom. The molecule has 0 unspecified atom stereocenters. The van der Waals surface area contributed by atoms with Crippen LogP contribution in [0.25, 0.3) is 10.1 Å². The van der Waals surface area contributed by atoms with Gasteiger partial charge in [-0.2, -0.15) is 9.40 Å². The number of nitrogens with one attached hydrogen (secondary N) is 1. The molecule has 1 amide bonds. The molecular weight excluding hydrogens is 408 g/mol. The van der Waals surface area contributed by atoms with Crippen LogP contribution in [0.3, 0.4) is 0 Å². The first-order valence-corrected chi connectivity index (χ1v) is 11.8. The van der Waals surface area contributed by atoms with E-state index in [1.807, 2.05) is 38.1 Å². The summed E-state index contributed by atoms with van der Waals surface area (Å²) in [6.45, 7) is 4.66. The van der Waals surface area contributed by atoms with Gasteiger partial charge in [0.15, 0.2) is 0 Å². The SMILES string of the molecule is CC(C)NC(=O)c1sc2ccccc2c1[C@@H]1CCN(S(=O)(=O)c2cnn(C)c2)C1. The highest BCUT2D eigenvalue weighted by molar-refractivity contribution is 7.89. The fraction of sp³-hybridized carbons (Fsp3) is 0.400. The summed E-state index contributed by atoms with van der Waals surface area (Å²) >= 11 is 1.48. The average Bonchev–Trinajstić information content (AvgIpc) is 3.38. The summed E-state index contributed by atoms with van der Waals surface area (Å²) in [5.74, 6) is -0.115. The Hall–Kier alpha value is -2.23. The number of fused-ring (bicyclic) bond motifs is 1. The predicted molar refractivity (Wildman–Crippen MR) is 114 cm³/mol. The van der Waals surface area contributed by atoms with Crippen molar-refractivity contribution in [2.45, 2.75) is 37.1 Å². The van der Waals surface area contributed by atoms with Gasteiger partial charge in [0, 0.05) is 43.0 Å². The van der Waals surface area contributed by atoms with Crippen molar-refractivity contribution in [2.24, 2.45) is 7.05 Å². The molecule has 4 rings (SSSR count). The van der Waals surface area contributed by atoms with Gasteiger partial charge in [-0.1, -0.05) is 18.2 Å². The number of rotatable bonds is 5. The molecule has 1 N–H and O–H groups in total. The van der Waals surface area contributed by atoms with Crippen molar-refractivity contribution < 1.29 is 13.2 Å². The number of amides is 1. The van der Waals surface area contributed by atoms with E-state index in [4.69, 9.17) is 0 Å². The summed E-state index contributed by atoms with van der Waals surface area (Å²) < 4.78 is 30.0. The normalized spacial score (nSPS) is 18.0. The Labute approximate surface area is 174 Å². The van der Waals surface area contributed by atoms with Gasteiger partial charge in [0.1, 0.15) is 4.90 Å². The second kappa shape index (κ2) is 7.55. The lowest BCUT2D eigenvalue weighted by molar-refractivity contribution is 0.0946. The number of hydrogen-bond donors (Lipinski definition) is 1. The molecule has 154 valence electrons. The minimum absolute atomic E-state index is 0.0227. The Morgan fingerprint density at radius 1 is 1.31 bits per heavy atom. The van der Waals surface area contributed by atoms with E-state index in [-0.39, 0.29) is 22.8 Å². The van der Waals surface area contributed by atoms with Crippen LogP contribution in [0.15, 0.2) is 41.6 Å². The molecule has 1 aromatic carbocycles. The zero-order valence-corrected chi connectivity index (χ0v) is 18.3. The molecule has 3 heterocycles. The summed E-state index contributed by atoms with van der Waals surface area (Å²) in [5.41, 5.74) is 0.965. The molecule has 2 aromatic heterocycles. The van der Waals surface area contributed by atoms with Crippen LogP contribution in [-0.4, -0.2) is 47.5 Å². The van der Waals surface area contributed by atoms with E-state index in [2.05, 4.69) is 10.4 Å². The van der Waals surface area contributed by atoms with Crippen LogP contribution in [0.5, 0.6) is 0 Å². The van der Waals surface area contributed by atoms with Crippen LogP contribution in [0, 0.1) is 0 Å². The molecule has 0 aliphatic carbocycles. The van der Waals surface area contributed by atoms with Crippen LogP contribution in [0.1, 0.15) is 41.4 Å². The van der Waals surface area contributed by atoms with Gasteiger partial charge >= 0.3 is 0 Å². The number of sulfonamides is 1. The Morgan fingerprint density at radius 2 is 2.07 bits per heavy atom. The van der Waals surface area contributed by atoms with Gasteiger partial charge in [0.25, 0.3) is 5.91 Å². The third-order valence-corrected chi connectivity index (χ3v) is 8.14. The van der Waals surface area contributed by atoms with Crippen molar-refractivity contribution in [3.05, 3.63) is 47.1 Å². The first kappa shape index (κ1) is 20.1. The molecule has 9 heteroatoms. The third kappa shape index (κ3) is 3.70. The summed E-state index contributed by atoms with van der Waals surface area (Å²) in [5, 5.41) is 8.01. The summed E-state index contributed by atoms with van der Waals surface area (Å²) in [4.78, 5) is 13.7. The lowest BCUT2D eigenvalue weighted by Crippen LogP contribution is -2.31. The quantitative estimate of drug-likeness (QED) is 0.672. The van der Waals surface area contributed by atoms with E-state index < -0.39 is 10.0 Å². The van der Waals surface area contributed by atoms with Crippen molar-refractivity contribution in [1.29, 1.82) is 0 Å². The first-order chi connectivity index (χ1) is 13.8. The van der Waals surface area contributed by atoms with Gasteiger partial charge in [0.05, 0.1) is 11.1 Å². The Balaban J connectivity index is 1.69. The number of nitrogens with zero attached hydrogens (tertiary/aromatic N) is 3. The number of aromatic nitrogens is 2. The average molecular weight is 433 g/mol. The van der Waals surface area contributed by atoms with E-state index in [1.165, 1.54) is 32.7 Å². The van der Waals surface area contributed by atoms with Gasteiger partial charge in [-0.05, 0) is 37.3 Å². The largest absolute Gasteiger partial charge is 0.349 e. The Kier molecular flexibility index (Phi) is 5.22. The summed E-state index contributed by atoms with van der Waals surface area (Å²) in [6.07, 6.45) is 3.58. The van der Waals surface area contributed by atoms with Crippen molar-refractivity contribution in [1.82, 2.24) is 19.4 Å². The monoisotopic (exact) mass is 432 g/mol. The van der Waals surface area contributed by atoms with E-state index in [0.717, 1.165) is 15.6 Å². The zero-order chi connectivity index (χ0) is 20.8. The van der Waals surface area contributed by atoms with Crippen molar-refractivity contribution in [3.8, 4) is 0 Å². The van der Waals surface area contributed by atoms with Crippen LogP contribution in [-0.2, 0) is 17.1 Å². The standard InChI is InChI=1S/C20H24N4O3S2/c1-13(2)22-20(25)19-18(16-6-4-5-7-17(16)28-19)14-8-9-24(11-14)29(26,27)15-10-21-23(3)12-15/h4-7,10,12-14H,8-9,11H2,1-3H3,(H,22,25)/t14-/m1/s1. The van der Waals surface area contributed by atoms with Crippen LogP contribution in [0.2, 0.25) is 0 Å². The maximum absolute atomic E-state index is 13.0. The minimum Gasteiger partial charge on any atom is -0.349 e. The molecule has 7 nitrogen and oxygen atoms in total. The van der Waals surface area contributed by atoms with Gasteiger partial charge in [0.2, 0.25) is 10.0 Å². The van der Waals surface area contributed by atoms with Gasteiger partial charge < -0.3 is 5.32 Å². The maximum atomic E-state index is 13.0. The number of benzene rings is 1. The molecule has 0 radical (unpaired) electrons. The second-order valence-corrected chi connectivity index (χ2v) is 10.7. The highest BCUT2D eigenvalue weighted by atomic mass is 32.2. The molecular formula is C20H24N4O3S2. The maximum Gasteiger partial charge on any atom is 0.261 e. The van der Waals surface area contributed by atoms with Crippen molar-refractivity contribution >= 4 is 37.4 Å². The first-order valence-electron chi connectivity index (χ1n) is 9.58. The van der Waals surface area contributed by atoms with E-state index >= 15 is 0 Å². The van der Waals surface area contributed by atoms with Gasteiger partial charge in [-0.3, -0.25) is 9.48 Å². The molecule has 29 heavy (non-hydrogen) atoms. The number of carbonyl (C=O) groups is 1. The summed E-state index contributed by atoms with van der Waals surface area (Å²) in [6, 6.07) is 7.98. The molecule has 1 aliphatic rings. The number of thiophene rings is 1. The number of carbonyl (C=O) groups excluding carboxylic acids is 1. The van der Waals surface area contributed by atoms with E-state index in [0.29, 0.717) is 24.4 Å².